The maximum Gasteiger partial charge on any atom is 0.133 e. The van der Waals surface area contributed by atoms with Gasteiger partial charge in [-0.25, -0.2) is 4.98 Å². The predicted molar refractivity (Wildman–Crippen MR) is 75.7 cm³/mol. The van der Waals surface area contributed by atoms with Crippen LogP contribution in [0, 0.1) is 0 Å². The van der Waals surface area contributed by atoms with Crippen LogP contribution < -0.4 is 10.6 Å². The number of anilines is 1. The molecular formula is C14H24N4. The largest absolute Gasteiger partial charge is 0.354 e. The molecule has 2 rings (SSSR count). The van der Waals surface area contributed by atoms with Crippen LogP contribution in [0.1, 0.15) is 26.3 Å². The van der Waals surface area contributed by atoms with E-state index in [0.717, 1.165) is 37.6 Å². The Bertz CT molecular complexity index is 389. The van der Waals surface area contributed by atoms with Gasteiger partial charge in [0.25, 0.3) is 0 Å². The number of pyridine rings is 1. The van der Waals surface area contributed by atoms with Crippen molar-refractivity contribution in [3.05, 3.63) is 23.9 Å². The zero-order valence-corrected chi connectivity index (χ0v) is 11.7. The van der Waals surface area contributed by atoms with E-state index in [4.69, 9.17) is 5.73 Å². The van der Waals surface area contributed by atoms with Gasteiger partial charge in [-0.05, 0) is 26.8 Å². The van der Waals surface area contributed by atoms with Gasteiger partial charge >= 0.3 is 0 Å². The summed E-state index contributed by atoms with van der Waals surface area (Å²) in [5.74, 6) is 1.06. The highest BCUT2D eigenvalue weighted by molar-refractivity contribution is 5.47. The lowest BCUT2D eigenvalue weighted by Gasteiger charge is -2.43. The molecule has 1 aromatic rings. The number of piperazine rings is 1. The predicted octanol–water partition coefficient (Wildman–Crippen LogP) is 1.46. The fourth-order valence-corrected chi connectivity index (χ4v) is 2.46. The van der Waals surface area contributed by atoms with Crippen molar-refractivity contribution in [3.63, 3.8) is 0 Å². The molecule has 0 aromatic carbocycles. The Kier molecular flexibility index (Phi) is 3.88. The molecule has 2 N–H and O–H groups in total. The SMILES string of the molecule is CC(C)(C)N1CCN(c2ncccc2CN)CC1. The average molecular weight is 248 g/mol. The average Bonchev–Trinajstić information content (AvgIpc) is 2.38. The van der Waals surface area contributed by atoms with Crippen molar-refractivity contribution >= 4 is 5.82 Å². The number of hydrogen-bond acceptors (Lipinski definition) is 4. The van der Waals surface area contributed by atoms with Gasteiger partial charge < -0.3 is 10.6 Å². The summed E-state index contributed by atoms with van der Waals surface area (Å²) in [7, 11) is 0. The zero-order chi connectivity index (χ0) is 13.2. The maximum absolute atomic E-state index is 5.78. The van der Waals surface area contributed by atoms with Crippen molar-refractivity contribution in [3.8, 4) is 0 Å². The number of rotatable bonds is 2. The minimum Gasteiger partial charge on any atom is -0.354 e. The van der Waals surface area contributed by atoms with Gasteiger partial charge in [-0.15, -0.1) is 0 Å². The second kappa shape index (κ2) is 5.24. The number of nitrogens with zero attached hydrogens (tertiary/aromatic N) is 3. The highest BCUT2D eigenvalue weighted by Crippen LogP contribution is 2.21. The van der Waals surface area contributed by atoms with Crippen LogP contribution in [0.2, 0.25) is 0 Å². The molecule has 0 saturated carbocycles. The third-order valence-corrected chi connectivity index (χ3v) is 3.62. The molecule has 1 aromatic heterocycles. The molecule has 2 heterocycles. The molecule has 0 atom stereocenters. The van der Waals surface area contributed by atoms with Crippen LogP contribution >= 0.6 is 0 Å². The second-order valence-electron chi connectivity index (χ2n) is 5.84. The quantitative estimate of drug-likeness (QED) is 0.860. The van der Waals surface area contributed by atoms with Gasteiger partial charge in [-0.1, -0.05) is 6.07 Å². The molecule has 1 fully saturated rings. The third kappa shape index (κ3) is 2.82. The van der Waals surface area contributed by atoms with E-state index in [1.54, 1.807) is 0 Å². The van der Waals surface area contributed by atoms with Gasteiger partial charge in [0, 0.05) is 50.0 Å². The summed E-state index contributed by atoms with van der Waals surface area (Å²) in [5.41, 5.74) is 7.17. The number of nitrogens with two attached hydrogens (primary N) is 1. The summed E-state index contributed by atoms with van der Waals surface area (Å²) in [5, 5.41) is 0. The van der Waals surface area contributed by atoms with Crippen LogP contribution in [0.3, 0.4) is 0 Å². The molecule has 4 heteroatoms. The molecule has 0 amide bonds. The highest BCUT2D eigenvalue weighted by Gasteiger charge is 2.26. The van der Waals surface area contributed by atoms with Gasteiger partial charge in [0.1, 0.15) is 5.82 Å². The Labute approximate surface area is 110 Å². The minimum absolute atomic E-state index is 0.257. The molecule has 4 nitrogen and oxygen atoms in total. The molecule has 1 aliphatic rings. The van der Waals surface area contributed by atoms with Gasteiger partial charge in [0.05, 0.1) is 0 Å². The first kappa shape index (κ1) is 13.3. The lowest BCUT2D eigenvalue weighted by molar-refractivity contribution is 0.128. The van der Waals surface area contributed by atoms with Crippen molar-refractivity contribution in [2.75, 3.05) is 31.1 Å². The third-order valence-electron chi connectivity index (χ3n) is 3.62. The van der Waals surface area contributed by atoms with E-state index in [1.807, 2.05) is 12.3 Å². The first-order valence-electron chi connectivity index (χ1n) is 6.66. The topological polar surface area (TPSA) is 45.4 Å². The molecule has 1 saturated heterocycles. The number of hydrogen-bond donors (Lipinski definition) is 1. The van der Waals surface area contributed by atoms with Crippen LogP contribution in [0.15, 0.2) is 18.3 Å². The maximum atomic E-state index is 5.78. The molecule has 0 bridgehead atoms. The lowest BCUT2D eigenvalue weighted by Crippen LogP contribution is -2.53. The number of aromatic nitrogens is 1. The van der Waals surface area contributed by atoms with E-state index in [1.165, 1.54) is 0 Å². The van der Waals surface area contributed by atoms with Crippen LogP contribution in [0.5, 0.6) is 0 Å². The van der Waals surface area contributed by atoms with Crippen molar-refractivity contribution < 1.29 is 0 Å². The summed E-state index contributed by atoms with van der Waals surface area (Å²) in [6.07, 6.45) is 1.85. The van der Waals surface area contributed by atoms with Gasteiger partial charge in [-0.2, -0.15) is 0 Å². The van der Waals surface area contributed by atoms with E-state index in [0.29, 0.717) is 6.54 Å². The first-order valence-corrected chi connectivity index (χ1v) is 6.66. The van der Waals surface area contributed by atoms with E-state index in [-0.39, 0.29) is 5.54 Å². The summed E-state index contributed by atoms with van der Waals surface area (Å²) in [6, 6.07) is 4.02. The van der Waals surface area contributed by atoms with Gasteiger partial charge in [0.15, 0.2) is 0 Å². The molecule has 100 valence electrons. The Morgan fingerprint density at radius 1 is 1.22 bits per heavy atom. The normalized spacial score (nSPS) is 18.1. The second-order valence-corrected chi connectivity index (χ2v) is 5.84. The van der Waals surface area contributed by atoms with Crippen LogP contribution in [0.4, 0.5) is 5.82 Å². The summed E-state index contributed by atoms with van der Waals surface area (Å²) >= 11 is 0. The fourth-order valence-electron chi connectivity index (χ4n) is 2.46. The van der Waals surface area contributed by atoms with Crippen molar-refractivity contribution in [2.45, 2.75) is 32.9 Å². The molecule has 18 heavy (non-hydrogen) atoms. The van der Waals surface area contributed by atoms with Crippen molar-refractivity contribution in [2.24, 2.45) is 5.73 Å². The monoisotopic (exact) mass is 248 g/mol. The van der Waals surface area contributed by atoms with Crippen LogP contribution in [0.25, 0.3) is 0 Å². The molecule has 0 unspecified atom stereocenters. The van der Waals surface area contributed by atoms with Crippen LogP contribution in [-0.2, 0) is 6.54 Å². The van der Waals surface area contributed by atoms with Gasteiger partial charge in [0.2, 0.25) is 0 Å². The molecule has 0 aliphatic carbocycles. The zero-order valence-electron chi connectivity index (χ0n) is 11.7. The molecular weight excluding hydrogens is 224 g/mol. The van der Waals surface area contributed by atoms with E-state index in [2.05, 4.69) is 41.6 Å². The fraction of sp³-hybridized carbons (Fsp3) is 0.643. The molecule has 1 aliphatic heterocycles. The van der Waals surface area contributed by atoms with Gasteiger partial charge in [-0.3, -0.25) is 4.90 Å². The standard InChI is InChI=1S/C14H24N4/c1-14(2,3)18-9-7-17(8-10-18)13-12(11-15)5-4-6-16-13/h4-6H,7-11,15H2,1-3H3. The Balaban J connectivity index is 2.06. The minimum atomic E-state index is 0.257. The lowest BCUT2D eigenvalue weighted by atomic mass is 10.0. The van der Waals surface area contributed by atoms with E-state index in [9.17, 15) is 0 Å². The Morgan fingerprint density at radius 2 is 1.89 bits per heavy atom. The first-order chi connectivity index (χ1) is 8.52. The Hall–Kier alpha value is -1.13. The highest BCUT2D eigenvalue weighted by atomic mass is 15.3. The summed E-state index contributed by atoms with van der Waals surface area (Å²) in [4.78, 5) is 9.36. The smallest absolute Gasteiger partial charge is 0.133 e. The molecule has 0 radical (unpaired) electrons. The Morgan fingerprint density at radius 3 is 2.44 bits per heavy atom. The van der Waals surface area contributed by atoms with Crippen molar-refractivity contribution in [1.82, 2.24) is 9.88 Å². The van der Waals surface area contributed by atoms with E-state index < -0.39 is 0 Å². The summed E-state index contributed by atoms with van der Waals surface area (Å²) < 4.78 is 0. The molecule has 0 spiro atoms. The van der Waals surface area contributed by atoms with Crippen LogP contribution in [-0.4, -0.2) is 41.6 Å². The van der Waals surface area contributed by atoms with E-state index >= 15 is 0 Å². The van der Waals surface area contributed by atoms with Crippen molar-refractivity contribution in [1.29, 1.82) is 0 Å². The summed E-state index contributed by atoms with van der Waals surface area (Å²) in [6.45, 7) is 11.6.